The Morgan fingerprint density at radius 3 is 2.93 bits per heavy atom. The fourth-order valence-electron chi connectivity index (χ4n) is 3.80. The van der Waals surface area contributed by atoms with Crippen molar-refractivity contribution < 1.29 is 19.0 Å². The molecule has 1 amide bonds. The standard InChI is InChI=1S/C20H22N6O4/c21-11-9-28-4-3-13(11)25-16-8-23-18(20(22)27)17(26-16)14-7-10-12(24-14)1-2-15-19(10)30-6-5-29-15/h1-2,7-8,11,13,24H,3-6,9,21H2,(H2,22,27)(H,25,26)/t11-,13+/m0/s1. The van der Waals surface area contributed by atoms with E-state index >= 15 is 0 Å². The number of carbonyl (C=O) groups is 1. The fraction of sp³-hybridized carbons (Fsp3) is 0.350. The molecule has 3 aromatic rings. The van der Waals surface area contributed by atoms with Crippen molar-refractivity contribution in [1.29, 1.82) is 0 Å². The molecule has 4 heterocycles. The summed E-state index contributed by atoms with van der Waals surface area (Å²) in [6.45, 7) is 2.09. The van der Waals surface area contributed by atoms with E-state index in [1.54, 1.807) is 0 Å². The van der Waals surface area contributed by atoms with Crippen molar-refractivity contribution in [1.82, 2.24) is 15.0 Å². The van der Waals surface area contributed by atoms with E-state index in [4.69, 9.17) is 25.7 Å². The summed E-state index contributed by atoms with van der Waals surface area (Å²) in [6.07, 6.45) is 2.25. The maximum atomic E-state index is 12.0. The van der Waals surface area contributed by atoms with Gasteiger partial charge in [0.1, 0.15) is 24.7 Å². The third-order valence-corrected chi connectivity index (χ3v) is 5.30. The van der Waals surface area contributed by atoms with Crippen LogP contribution in [0.25, 0.3) is 22.3 Å². The van der Waals surface area contributed by atoms with Gasteiger partial charge in [-0.15, -0.1) is 0 Å². The minimum atomic E-state index is -0.660. The quantitative estimate of drug-likeness (QED) is 0.498. The van der Waals surface area contributed by atoms with Crippen LogP contribution in [0.3, 0.4) is 0 Å². The summed E-state index contributed by atoms with van der Waals surface area (Å²) < 4.78 is 16.8. The maximum absolute atomic E-state index is 12.0. The van der Waals surface area contributed by atoms with Gasteiger partial charge in [0, 0.05) is 29.6 Å². The van der Waals surface area contributed by atoms with Gasteiger partial charge in [0.05, 0.1) is 18.5 Å². The number of benzene rings is 1. The molecule has 0 aliphatic carbocycles. The molecule has 1 saturated heterocycles. The number of nitrogens with one attached hydrogen (secondary N) is 2. The number of nitrogens with two attached hydrogens (primary N) is 2. The normalized spacial score (nSPS) is 20.8. The average molecular weight is 410 g/mol. The lowest BCUT2D eigenvalue weighted by atomic mass is 10.0. The second-order valence-electron chi connectivity index (χ2n) is 7.33. The topological polar surface area (TPSA) is 150 Å². The van der Waals surface area contributed by atoms with E-state index in [2.05, 4.69) is 20.3 Å². The third kappa shape index (κ3) is 3.29. The van der Waals surface area contributed by atoms with E-state index in [1.807, 2.05) is 18.2 Å². The second kappa shape index (κ2) is 7.47. The summed E-state index contributed by atoms with van der Waals surface area (Å²) in [4.78, 5) is 24.2. The molecule has 10 heteroatoms. The Balaban J connectivity index is 1.56. The number of rotatable bonds is 4. The predicted octanol–water partition coefficient (Wildman–Crippen LogP) is 1.02. The van der Waals surface area contributed by atoms with Gasteiger partial charge in [0.15, 0.2) is 17.2 Å². The molecule has 5 rings (SSSR count). The molecule has 1 fully saturated rings. The van der Waals surface area contributed by atoms with Crippen molar-refractivity contribution >= 4 is 22.6 Å². The van der Waals surface area contributed by atoms with E-state index in [-0.39, 0.29) is 17.8 Å². The molecule has 10 nitrogen and oxygen atoms in total. The number of hydrogen-bond acceptors (Lipinski definition) is 8. The molecule has 2 atom stereocenters. The lowest BCUT2D eigenvalue weighted by Gasteiger charge is -2.29. The van der Waals surface area contributed by atoms with Gasteiger partial charge in [-0.1, -0.05) is 0 Å². The zero-order chi connectivity index (χ0) is 20.7. The first-order chi connectivity index (χ1) is 14.6. The number of amides is 1. The highest BCUT2D eigenvalue weighted by atomic mass is 16.6. The molecule has 0 saturated carbocycles. The first kappa shape index (κ1) is 18.6. The van der Waals surface area contributed by atoms with Crippen molar-refractivity contribution in [2.24, 2.45) is 11.5 Å². The van der Waals surface area contributed by atoms with Gasteiger partial charge >= 0.3 is 0 Å². The number of anilines is 1. The number of nitrogens with zero attached hydrogens (tertiary/aromatic N) is 2. The van der Waals surface area contributed by atoms with E-state index in [9.17, 15) is 4.79 Å². The molecule has 6 N–H and O–H groups in total. The minimum Gasteiger partial charge on any atom is -0.486 e. The molecule has 0 unspecified atom stereocenters. The van der Waals surface area contributed by atoms with E-state index in [0.29, 0.717) is 55.1 Å². The van der Waals surface area contributed by atoms with Crippen LogP contribution in [0.2, 0.25) is 0 Å². The summed E-state index contributed by atoms with van der Waals surface area (Å²) in [7, 11) is 0. The molecule has 2 aliphatic rings. The van der Waals surface area contributed by atoms with E-state index in [0.717, 1.165) is 17.3 Å². The molecule has 0 radical (unpaired) electrons. The first-order valence-corrected chi connectivity index (χ1v) is 9.78. The largest absolute Gasteiger partial charge is 0.486 e. The highest BCUT2D eigenvalue weighted by molar-refractivity contribution is 5.99. The van der Waals surface area contributed by atoms with Crippen LogP contribution in [-0.4, -0.2) is 59.4 Å². The second-order valence-corrected chi connectivity index (χ2v) is 7.33. The first-order valence-electron chi connectivity index (χ1n) is 9.78. The molecule has 2 aromatic heterocycles. The van der Waals surface area contributed by atoms with Gasteiger partial charge in [0.25, 0.3) is 5.91 Å². The zero-order valence-corrected chi connectivity index (χ0v) is 16.2. The highest BCUT2D eigenvalue weighted by Gasteiger charge is 2.24. The van der Waals surface area contributed by atoms with Gasteiger partial charge in [0.2, 0.25) is 0 Å². The molecule has 0 spiro atoms. The summed E-state index contributed by atoms with van der Waals surface area (Å²) in [6, 6.07) is 5.45. The molecule has 2 aliphatic heterocycles. The number of fused-ring (bicyclic) bond motifs is 3. The molecular weight excluding hydrogens is 388 g/mol. The molecule has 1 aromatic carbocycles. The Morgan fingerprint density at radius 1 is 1.23 bits per heavy atom. The lowest BCUT2D eigenvalue weighted by molar-refractivity contribution is 0.0752. The van der Waals surface area contributed by atoms with Gasteiger partial charge in [-0.2, -0.15) is 0 Å². The molecular formula is C20H22N6O4. The SMILES string of the molecule is NC(=O)c1ncc(N[C@@H]2CCOC[C@@H]2N)nc1-c1cc2c3c(ccc2[nH]1)OCCO3. The number of ether oxygens (including phenoxy) is 3. The van der Waals surface area contributed by atoms with Crippen LogP contribution in [0.4, 0.5) is 5.82 Å². The van der Waals surface area contributed by atoms with Crippen molar-refractivity contribution in [2.45, 2.75) is 18.5 Å². The smallest absolute Gasteiger partial charge is 0.269 e. The molecule has 156 valence electrons. The minimum absolute atomic E-state index is 0.000565. The summed E-state index contributed by atoms with van der Waals surface area (Å²) in [5, 5.41) is 4.14. The number of hydrogen-bond donors (Lipinski definition) is 4. The van der Waals surface area contributed by atoms with E-state index in [1.165, 1.54) is 6.20 Å². The van der Waals surface area contributed by atoms with Crippen molar-refractivity contribution in [2.75, 3.05) is 31.7 Å². The number of aromatic amines is 1. The Morgan fingerprint density at radius 2 is 2.10 bits per heavy atom. The van der Waals surface area contributed by atoms with Crippen LogP contribution in [-0.2, 0) is 4.74 Å². The number of carbonyl (C=O) groups excluding carboxylic acids is 1. The van der Waals surface area contributed by atoms with Crippen LogP contribution < -0.4 is 26.3 Å². The van der Waals surface area contributed by atoms with Crippen LogP contribution in [0.5, 0.6) is 11.5 Å². The fourth-order valence-corrected chi connectivity index (χ4v) is 3.80. The lowest BCUT2D eigenvalue weighted by Crippen LogP contribution is -2.47. The zero-order valence-electron chi connectivity index (χ0n) is 16.2. The number of primary amides is 1. The van der Waals surface area contributed by atoms with Crippen LogP contribution >= 0.6 is 0 Å². The monoisotopic (exact) mass is 410 g/mol. The summed E-state index contributed by atoms with van der Waals surface area (Å²) >= 11 is 0. The van der Waals surface area contributed by atoms with Crippen molar-refractivity contribution in [3.63, 3.8) is 0 Å². The Bertz CT molecular complexity index is 1110. The maximum Gasteiger partial charge on any atom is 0.269 e. The van der Waals surface area contributed by atoms with Crippen molar-refractivity contribution in [3.05, 3.63) is 30.1 Å². The van der Waals surface area contributed by atoms with Crippen LogP contribution in [0.15, 0.2) is 24.4 Å². The van der Waals surface area contributed by atoms with Crippen molar-refractivity contribution in [3.8, 4) is 22.9 Å². The highest BCUT2D eigenvalue weighted by Crippen LogP contribution is 2.39. The third-order valence-electron chi connectivity index (χ3n) is 5.30. The van der Waals surface area contributed by atoms with Gasteiger partial charge in [-0.3, -0.25) is 4.79 Å². The van der Waals surface area contributed by atoms with E-state index < -0.39 is 5.91 Å². The summed E-state index contributed by atoms with van der Waals surface area (Å²) in [5.74, 6) is 1.20. The van der Waals surface area contributed by atoms with Crippen LogP contribution in [0, 0.1) is 0 Å². The Labute approximate surface area is 171 Å². The molecule has 0 bridgehead atoms. The average Bonchev–Trinajstić information content (AvgIpc) is 3.20. The number of H-pyrrole nitrogens is 1. The van der Waals surface area contributed by atoms with Gasteiger partial charge in [-0.25, -0.2) is 9.97 Å². The Hall–Kier alpha value is -3.37. The molecule has 30 heavy (non-hydrogen) atoms. The Kier molecular flexibility index (Phi) is 4.64. The van der Waals surface area contributed by atoms with Crippen LogP contribution in [0.1, 0.15) is 16.9 Å². The van der Waals surface area contributed by atoms with Gasteiger partial charge < -0.3 is 36.0 Å². The summed E-state index contributed by atoms with van der Waals surface area (Å²) in [5.41, 5.74) is 13.6. The van der Waals surface area contributed by atoms with Gasteiger partial charge in [-0.05, 0) is 24.6 Å². The number of aromatic nitrogens is 3. The predicted molar refractivity (Wildman–Crippen MR) is 110 cm³/mol.